The first-order valence-corrected chi connectivity index (χ1v) is 5.51. The first-order valence-electron chi connectivity index (χ1n) is 5.51. The van der Waals surface area contributed by atoms with Crippen molar-refractivity contribution in [2.24, 2.45) is 0 Å². The third-order valence-electron chi connectivity index (χ3n) is 2.30. The molecule has 0 bridgehead atoms. The van der Waals surface area contributed by atoms with Crippen LogP contribution in [0.15, 0.2) is 0 Å². The highest BCUT2D eigenvalue weighted by atomic mass is 16.5. The van der Waals surface area contributed by atoms with Crippen molar-refractivity contribution in [1.82, 2.24) is 0 Å². The fourth-order valence-corrected chi connectivity index (χ4v) is 1.45. The van der Waals surface area contributed by atoms with Gasteiger partial charge < -0.3 is 4.74 Å². The van der Waals surface area contributed by atoms with Gasteiger partial charge in [-0.05, 0) is 6.42 Å². The van der Waals surface area contributed by atoms with Crippen molar-refractivity contribution >= 4 is 5.97 Å². The zero-order chi connectivity index (χ0) is 10.2. The number of rotatable bonds is 4. The van der Waals surface area contributed by atoms with E-state index in [1.807, 2.05) is 0 Å². The molecule has 1 rings (SSSR count). The number of hydrogen-bond donors (Lipinski definition) is 0. The third-order valence-corrected chi connectivity index (χ3v) is 2.30. The topological polar surface area (TPSA) is 26.3 Å². The van der Waals surface area contributed by atoms with Crippen LogP contribution in [-0.2, 0) is 9.53 Å². The highest BCUT2D eigenvalue weighted by molar-refractivity contribution is 5.72. The molecule has 1 atom stereocenters. The summed E-state index contributed by atoms with van der Waals surface area (Å²) in [6, 6.07) is 0. The van der Waals surface area contributed by atoms with Gasteiger partial charge in [0.15, 0.2) is 6.10 Å². The van der Waals surface area contributed by atoms with Crippen molar-refractivity contribution in [2.45, 2.75) is 58.0 Å². The maximum absolute atomic E-state index is 10.7. The van der Waals surface area contributed by atoms with E-state index in [1.54, 1.807) is 0 Å². The number of carbonyl (C=O) groups is 1. The molecule has 1 aliphatic rings. The van der Waals surface area contributed by atoms with Crippen LogP contribution in [0.1, 0.15) is 51.9 Å². The molecule has 1 fully saturated rings. The molecule has 0 aromatic heterocycles. The van der Waals surface area contributed by atoms with Crippen LogP contribution in [0.25, 0.3) is 0 Å². The molecule has 0 radical (unpaired) electrons. The molecule has 0 amide bonds. The quantitative estimate of drug-likeness (QED) is 0.391. The Labute approximate surface area is 86.0 Å². The van der Waals surface area contributed by atoms with Gasteiger partial charge in [-0.15, -0.1) is 0 Å². The minimum absolute atomic E-state index is 0.102. The van der Waals surface area contributed by atoms with Gasteiger partial charge in [-0.2, -0.15) is 0 Å². The normalized spacial score (nSPS) is 20.1. The largest absolute Gasteiger partial charge is 0.449 e. The van der Waals surface area contributed by atoms with E-state index in [1.165, 1.54) is 25.7 Å². The van der Waals surface area contributed by atoms with Gasteiger partial charge in [0.25, 0.3) is 0 Å². The maximum atomic E-state index is 10.7. The maximum Gasteiger partial charge on any atom is 0.307 e. The molecule has 2 nitrogen and oxygen atoms in total. The van der Waals surface area contributed by atoms with Crippen molar-refractivity contribution in [3.63, 3.8) is 0 Å². The van der Waals surface area contributed by atoms with Gasteiger partial charge in [-0.3, -0.25) is 4.79 Å². The predicted octanol–water partition coefficient (Wildman–Crippen LogP) is 2.67. The van der Waals surface area contributed by atoms with E-state index in [4.69, 9.17) is 4.74 Å². The lowest BCUT2D eigenvalue weighted by Gasteiger charge is -1.97. The first kappa shape index (κ1) is 11.1. The summed E-state index contributed by atoms with van der Waals surface area (Å²) >= 11 is 0. The van der Waals surface area contributed by atoms with E-state index in [-0.39, 0.29) is 12.1 Å². The second-order valence-electron chi connectivity index (χ2n) is 3.65. The monoisotopic (exact) mass is 194 g/mol. The Morgan fingerprint density at radius 2 is 2.29 bits per heavy atom. The third kappa shape index (κ3) is 4.32. The van der Waals surface area contributed by atoms with E-state index in [2.05, 4.69) is 18.8 Å². The highest BCUT2D eigenvalue weighted by Crippen LogP contribution is 2.12. The summed E-state index contributed by atoms with van der Waals surface area (Å²) in [5.41, 5.74) is 0. The fourth-order valence-electron chi connectivity index (χ4n) is 1.45. The average Bonchev–Trinajstić information content (AvgIpc) is 2.58. The van der Waals surface area contributed by atoms with Crippen LogP contribution in [0, 0.1) is 11.8 Å². The average molecular weight is 194 g/mol. The van der Waals surface area contributed by atoms with Crippen LogP contribution in [0.4, 0.5) is 0 Å². The second-order valence-corrected chi connectivity index (χ2v) is 3.65. The molecular weight excluding hydrogens is 176 g/mol. The molecule has 0 spiro atoms. The molecule has 1 aliphatic heterocycles. The standard InChI is InChI=1S/C12H18O2/c1-2-3-4-5-6-7-8-11-9-10-12(13)14-11/h11H,2-6,9-10H2,1H3/t11-/m1/s1. The Morgan fingerprint density at radius 1 is 1.43 bits per heavy atom. The first-order chi connectivity index (χ1) is 6.83. The van der Waals surface area contributed by atoms with E-state index >= 15 is 0 Å². The summed E-state index contributed by atoms with van der Waals surface area (Å²) in [6.07, 6.45) is 7.11. The van der Waals surface area contributed by atoms with E-state index in [0.29, 0.717) is 6.42 Å². The SMILES string of the molecule is CCCCCCC#C[C@@H]1CCC(=O)O1. The molecular formula is C12H18O2. The Balaban J connectivity index is 2.05. The Hall–Kier alpha value is -0.970. The lowest BCUT2D eigenvalue weighted by molar-refractivity contribution is -0.139. The molecule has 0 saturated carbocycles. The summed E-state index contributed by atoms with van der Waals surface area (Å²) in [6.45, 7) is 2.20. The van der Waals surface area contributed by atoms with E-state index in [9.17, 15) is 4.79 Å². The lowest BCUT2D eigenvalue weighted by atomic mass is 10.1. The molecule has 0 unspecified atom stereocenters. The van der Waals surface area contributed by atoms with Crippen LogP contribution in [0.5, 0.6) is 0 Å². The van der Waals surface area contributed by atoms with Crippen LogP contribution in [0.3, 0.4) is 0 Å². The summed E-state index contributed by atoms with van der Waals surface area (Å²) in [7, 11) is 0. The number of hydrogen-bond acceptors (Lipinski definition) is 2. The van der Waals surface area contributed by atoms with Crippen molar-refractivity contribution in [3.05, 3.63) is 0 Å². The number of ether oxygens (including phenoxy) is 1. The van der Waals surface area contributed by atoms with Gasteiger partial charge in [0.1, 0.15) is 0 Å². The minimum atomic E-state index is -0.117. The molecule has 14 heavy (non-hydrogen) atoms. The Morgan fingerprint density at radius 3 is 2.93 bits per heavy atom. The number of carbonyl (C=O) groups excluding carboxylic acids is 1. The number of esters is 1. The van der Waals surface area contributed by atoms with Crippen LogP contribution >= 0.6 is 0 Å². The minimum Gasteiger partial charge on any atom is -0.449 e. The second kappa shape index (κ2) is 6.48. The zero-order valence-corrected chi connectivity index (χ0v) is 8.84. The van der Waals surface area contributed by atoms with Crippen molar-refractivity contribution in [2.75, 3.05) is 0 Å². The Kier molecular flexibility index (Phi) is 5.14. The molecule has 0 aromatic rings. The van der Waals surface area contributed by atoms with Gasteiger partial charge >= 0.3 is 5.97 Å². The predicted molar refractivity (Wildman–Crippen MR) is 55.6 cm³/mol. The van der Waals surface area contributed by atoms with Crippen LogP contribution in [-0.4, -0.2) is 12.1 Å². The highest BCUT2D eigenvalue weighted by Gasteiger charge is 2.20. The summed E-state index contributed by atoms with van der Waals surface area (Å²) < 4.78 is 4.98. The lowest BCUT2D eigenvalue weighted by Crippen LogP contribution is -2.02. The Bertz CT molecular complexity index is 234. The van der Waals surface area contributed by atoms with Gasteiger partial charge in [0.2, 0.25) is 0 Å². The van der Waals surface area contributed by atoms with Crippen molar-refractivity contribution < 1.29 is 9.53 Å². The number of cyclic esters (lactones) is 1. The van der Waals surface area contributed by atoms with Gasteiger partial charge in [-0.1, -0.05) is 38.0 Å². The van der Waals surface area contributed by atoms with E-state index < -0.39 is 0 Å². The molecule has 1 heterocycles. The molecule has 0 aromatic carbocycles. The zero-order valence-electron chi connectivity index (χ0n) is 8.84. The molecule has 2 heteroatoms. The van der Waals surface area contributed by atoms with Crippen LogP contribution < -0.4 is 0 Å². The van der Waals surface area contributed by atoms with Gasteiger partial charge in [0, 0.05) is 12.8 Å². The number of unbranched alkanes of at least 4 members (excludes halogenated alkanes) is 4. The van der Waals surface area contributed by atoms with E-state index in [0.717, 1.165) is 12.8 Å². The molecule has 78 valence electrons. The summed E-state index contributed by atoms with van der Waals surface area (Å²) in [5.74, 6) is 5.97. The summed E-state index contributed by atoms with van der Waals surface area (Å²) in [4.78, 5) is 10.7. The fraction of sp³-hybridized carbons (Fsp3) is 0.750. The molecule has 0 N–H and O–H groups in total. The van der Waals surface area contributed by atoms with Crippen molar-refractivity contribution in [1.29, 1.82) is 0 Å². The van der Waals surface area contributed by atoms with Crippen molar-refractivity contribution in [3.8, 4) is 11.8 Å². The van der Waals surface area contributed by atoms with Gasteiger partial charge in [0.05, 0.1) is 6.42 Å². The molecule has 0 aliphatic carbocycles. The van der Waals surface area contributed by atoms with Crippen LogP contribution in [0.2, 0.25) is 0 Å². The van der Waals surface area contributed by atoms with Gasteiger partial charge in [-0.25, -0.2) is 0 Å². The summed E-state index contributed by atoms with van der Waals surface area (Å²) in [5, 5.41) is 0. The molecule has 1 saturated heterocycles. The smallest absolute Gasteiger partial charge is 0.307 e.